The molecule has 0 aromatic carbocycles. The summed E-state index contributed by atoms with van der Waals surface area (Å²) >= 11 is 1.81. The Hall–Kier alpha value is -0.380. The van der Waals surface area contributed by atoms with Crippen LogP contribution in [-0.4, -0.2) is 18.6 Å². The standard InChI is InChI=1S/C17H28N2S/c1-13(14-9-11-20-12-14)19-17-8-3-2-6-15(17)16-7-4-5-10-18-16/h9,11-13,15-19H,2-8,10H2,1H3. The first-order valence-corrected chi connectivity index (χ1v) is 9.30. The van der Waals surface area contributed by atoms with E-state index in [-0.39, 0.29) is 0 Å². The topological polar surface area (TPSA) is 24.1 Å². The molecule has 0 bridgehead atoms. The van der Waals surface area contributed by atoms with Crippen molar-refractivity contribution in [3.8, 4) is 0 Å². The lowest BCUT2D eigenvalue weighted by Crippen LogP contribution is -2.50. The van der Waals surface area contributed by atoms with E-state index in [1.165, 1.54) is 57.1 Å². The molecule has 1 aromatic heterocycles. The lowest BCUT2D eigenvalue weighted by molar-refractivity contribution is 0.174. The van der Waals surface area contributed by atoms with Crippen LogP contribution in [0.2, 0.25) is 0 Å². The molecule has 1 aromatic rings. The number of thiophene rings is 1. The zero-order valence-electron chi connectivity index (χ0n) is 12.6. The minimum absolute atomic E-state index is 0.496. The molecule has 1 saturated carbocycles. The van der Waals surface area contributed by atoms with E-state index < -0.39 is 0 Å². The third-order valence-corrected chi connectivity index (χ3v) is 5.89. The second-order valence-corrected chi connectivity index (χ2v) is 7.34. The van der Waals surface area contributed by atoms with Crippen LogP contribution in [0.15, 0.2) is 16.8 Å². The highest BCUT2D eigenvalue weighted by Crippen LogP contribution is 2.32. The fourth-order valence-electron chi connectivity index (χ4n) is 4.03. The van der Waals surface area contributed by atoms with Gasteiger partial charge in [-0.05, 0) is 67.5 Å². The van der Waals surface area contributed by atoms with E-state index in [4.69, 9.17) is 0 Å². The van der Waals surface area contributed by atoms with Gasteiger partial charge in [0.2, 0.25) is 0 Å². The fourth-order valence-corrected chi connectivity index (χ4v) is 4.79. The second-order valence-electron chi connectivity index (χ2n) is 6.56. The Labute approximate surface area is 127 Å². The van der Waals surface area contributed by atoms with Gasteiger partial charge >= 0.3 is 0 Å². The Morgan fingerprint density at radius 1 is 1.20 bits per heavy atom. The molecule has 2 nitrogen and oxygen atoms in total. The molecule has 2 aliphatic rings. The molecule has 4 atom stereocenters. The first-order chi connectivity index (χ1) is 9.84. The summed E-state index contributed by atoms with van der Waals surface area (Å²) in [6, 6.07) is 4.22. The van der Waals surface area contributed by atoms with Crippen molar-refractivity contribution in [3.05, 3.63) is 22.4 Å². The SMILES string of the molecule is CC(NC1CCCCC1C1CCCCN1)c1ccsc1. The van der Waals surface area contributed by atoms with Gasteiger partial charge in [0.15, 0.2) is 0 Å². The van der Waals surface area contributed by atoms with E-state index in [2.05, 4.69) is 34.4 Å². The lowest BCUT2D eigenvalue weighted by Gasteiger charge is -2.41. The molecular formula is C17H28N2S. The van der Waals surface area contributed by atoms with Crippen LogP contribution in [0, 0.1) is 5.92 Å². The van der Waals surface area contributed by atoms with Crippen molar-refractivity contribution >= 4 is 11.3 Å². The summed E-state index contributed by atoms with van der Waals surface area (Å²) in [5.74, 6) is 0.838. The predicted octanol–water partition coefficient (Wildman–Crippen LogP) is 4.10. The van der Waals surface area contributed by atoms with Crippen molar-refractivity contribution in [2.75, 3.05) is 6.54 Å². The maximum Gasteiger partial charge on any atom is 0.0302 e. The van der Waals surface area contributed by atoms with Gasteiger partial charge in [-0.2, -0.15) is 11.3 Å². The maximum atomic E-state index is 3.94. The minimum atomic E-state index is 0.496. The summed E-state index contributed by atoms with van der Waals surface area (Å²) in [4.78, 5) is 0. The molecule has 2 heterocycles. The summed E-state index contributed by atoms with van der Waals surface area (Å²) < 4.78 is 0. The third kappa shape index (κ3) is 3.44. The van der Waals surface area contributed by atoms with E-state index in [1.54, 1.807) is 11.3 Å². The van der Waals surface area contributed by atoms with Crippen LogP contribution in [0.3, 0.4) is 0 Å². The molecule has 0 radical (unpaired) electrons. The van der Waals surface area contributed by atoms with Crippen LogP contribution < -0.4 is 10.6 Å². The Morgan fingerprint density at radius 3 is 2.80 bits per heavy atom. The first kappa shape index (κ1) is 14.6. The molecule has 0 amide bonds. The molecule has 4 unspecified atom stereocenters. The Balaban J connectivity index is 1.62. The van der Waals surface area contributed by atoms with Gasteiger partial charge < -0.3 is 10.6 Å². The van der Waals surface area contributed by atoms with Crippen LogP contribution in [0.5, 0.6) is 0 Å². The van der Waals surface area contributed by atoms with Gasteiger partial charge in [0.25, 0.3) is 0 Å². The molecule has 2 fully saturated rings. The highest BCUT2D eigenvalue weighted by molar-refractivity contribution is 7.07. The van der Waals surface area contributed by atoms with Crippen molar-refractivity contribution in [3.63, 3.8) is 0 Å². The first-order valence-electron chi connectivity index (χ1n) is 8.36. The van der Waals surface area contributed by atoms with Gasteiger partial charge in [0, 0.05) is 18.1 Å². The molecule has 3 rings (SSSR count). The van der Waals surface area contributed by atoms with Crippen molar-refractivity contribution in [2.24, 2.45) is 5.92 Å². The number of hydrogen-bond acceptors (Lipinski definition) is 3. The van der Waals surface area contributed by atoms with Gasteiger partial charge in [-0.15, -0.1) is 0 Å². The molecule has 0 spiro atoms. The maximum absolute atomic E-state index is 3.94. The molecule has 3 heteroatoms. The van der Waals surface area contributed by atoms with Crippen molar-refractivity contribution < 1.29 is 0 Å². The van der Waals surface area contributed by atoms with Crippen molar-refractivity contribution in [2.45, 2.75) is 70.0 Å². The number of nitrogens with one attached hydrogen (secondary N) is 2. The summed E-state index contributed by atoms with van der Waals surface area (Å²) in [6.07, 6.45) is 9.76. The summed E-state index contributed by atoms with van der Waals surface area (Å²) in [6.45, 7) is 3.55. The van der Waals surface area contributed by atoms with Crippen molar-refractivity contribution in [1.82, 2.24) is 10.6 Å². The average molecular weight is 292 g/mol. The molecule has 1 aliphatic heterocycles. The summed E-state index contributed by atoms with van der Waals surface area (Å²) in [5, 5.41) is 12.2. The predicted molar refractivity (Wildman–Crippen MR) is 87.3 cm³/mol. The van der Waals surface area contributed by atoms with Crippen LogP contribution in [-0.2, 0) is 0 Å². The van der Waals surface area contributed by atoms with Gasteiger partial charge in [-0.1, -0.05) is 19.3 Å². The largest absolute Gasteiger partial charge is 0.314 e. The van der Waals surface area contributed by atoms with Gasteiger partial charge in [-0.25, -0.2) is 0 Å². The summed E-state index contributed by atoms with van der Waals surface area (Å²) in [7, 11) is 0. The van der Waals surface area contributed by atoms with Crippen LogP contribution in [0.1, 0.15) is 63.5 Å². The monoisotopic (exact) mass is 292 g/mol. The van der Waals surface area contributed by atoms with Gasteiger partial charge in [0.05, 0.1) is 0 Å². The highest BCUT2D eigenvalue weighted by Gasteiger charge is 2.33. The normalized spacial score (nSPS) is 33.0. The zero-order valence-corrected chi connectivity index (χ0v) is 13.4. The summed E-state index contributed by atoms with van der Waals surface area (Å²) in [5.41, 5.74) is 1.45. The Bertz CT molecular complexity index is 384. The fraction of sp³-hybridized carbons (Fsp3) is 0.765. The van der Waals surface area contributed by atoms with E-state index in [9.17, 15) is 0 Å². The van der Waals surface area contributed by atoms with E-state index in [0.717, 1.165) is 12.0 Å². The van der Waals surface area contributed by atoms with Gasteiger partial charge in [0.1, 0.15) is 0 Å². The molecule has 2 N–H and O–H groups in total. The number of piperidine rings is 1. The van der Waals surface area contributed by atoms with Crippen LogP contribution in [0.4, 0.5) is 0 Å². The zero-order chi connectivity index (χ0) is 13.8. The third-order valence-electron chi connectivity index (χ3n) is 5.19. The van der Waals surface area contributed by atoms with Crippen LogP contribution in [0.25, 0.3) is 0 Å². The van der Waals surface area contributed by atoms with Crippen molar-refractivity contribution in [1.29, 1.82) is 0 Å². The number of rotatable bonds is 4. The van der Waals surface area contributed by atoms with E-state index in [0.29, 0.717) is 12.1 Å². The molecule has 1 saturated heterocycles. The quantitative estimate of drug-likeness (QED) is 0.873. The Kier molecular flexibility index (Phi) is 5.14. The average Bonchev–Trinajstić information content (AvgIpc) is 3.03. The smallest absolute Gasteiger partial charge is 0.0302 e. The highest BCUT2D eigenvalue weighted by atomic mass is 32.1. The van der Waals surface area contributed by atoms with Gasteiger partial charge in [-0.3, -0.25) is 0 Å². The molecule has 1 aliphatic carbocycles. The lowest BCUT2D eigenvalue weighted by atomic mass is 9.77. The van der Waals surface area contributed by atoms with E-state index in [1.807, 2.05) is 0 Å². The molecule has 112 valence electrons. The number of hydrogen-bond donors (Lipinski definition) is 2. The van der Waals surface area contributed by atoms with Crippen LogP contribution >= 0.6 is 11.3 Å². The molecular weight excluding hydrogens is 264 g/mol. The minimum Gasteiger partial charge on any atom is -0.314 e. The second kappa shape index (κ2) is 7.06. The Morgan fingerprint density at radius 2 is 2.05 bits per heavy atom. The molecule has 20 heavy (non-hydrogen) atoms. The van der Waals surface area contributed by atoms with E-state index >= 15 is 0 Å².